The van der Waals surface area contributed by atoms with Gasteiger partial charge in [-0.15, -0.1) is 10.2 Å². The lowest BCUT2D eigenvalue weighted by molar-refractivity contribution is 0.415. The minimum atomic E-state index is -0.128. The Labute approximate surface area is 165 Å². The summed E-state index contributed by atoms with van der Waals surface area (Å²) in [4.78, 5) is 19.6. The first-order chi connectivity index (χ1) is 13.7. The highest BCUT2D eigenvalue weighted by atomic mass is 32.2. The van der Waals surface area contributed by atoms with E-state index < -0.39 is 0 Å². The third-order valence-corrected chi connectivity index (χ3v) is 5.36. The Bertz CT molecular complexity index is 1170. The van der Waals surface area contributed by atoms with Gasteiger partial charge in [-0.25, -0.2) is 4.98 Å². The summed E-state index contributed by atoms with van der Waals surface area (Å²) in [7, 11) is 1.64. The lowest BCUT2D eigenvalue weighted by Gasteiger charge is -2.08. The van der Waals surface area contributed by atoms with Crippen LogP contribution in [0.4, 0.5) is 0 Å². The van der Waals surface area contributed by atoms with Crippen LogP contribution in [-0.4, -0.2) is 31.8 Å². The first-order valence-corrected chi connectivity index (χ1v) is 9.86. The van der Waals surface area contributed by atoms with Crippen molar-refractivity contribution >= 4 is 22.7 Å². The summed E-state index contributed by atoms with van der Waals surface area (Å²) in [6.45, 7) is 2.79. The van der Waals surface area contributed by atoms with Crippen molar-refractivity contribution in [1.82, 2.24) is 24.7 Å². The molecule has 0 bridgehead atoms. The number of nitrogens with one attached hydrogen (secondary N) is 1. The lowest BCUT2D eigenvalue weighted by Crippen LogP contribution is -2.11. The molecule has 0 spiro atoms. The predicted octanol–water partition coefficient (Wildman–Crippen LogP) is 3.50. The van der Waals surface area contributed by atoms with Crippen LogP contribution in [0.25, 0.3) is 22.3 Å². The van der Waals surface area contributed by atoms with Crippen molar-refractivity contribution in [3.05, 3.63) is 64.7 Å². The van der Waals surface area contributed by atoms with Gasteiger partial charge in [0.05, 0.1) is 23.8 Å². The highest BCUT2D eigenvalue weighted by Gasteiger charge is 2.14. The predicted molar refractivity (Wildman–Crippen MR) is 110 cm³/mol. The van der Waals surface area contributed by atoms with E-state index >= 15 is 0 Å². The van der Waals surface area contributed by atoms with Crippen LogP contribution in [-0.2, 0) is 12.3 Å². The maximum absolute atomic E-state index is 12.2. The van der Waals surface area contributed by atoms with Gasteiger partial charge in [-0.1, -0.05) is 23.9 Å². The molecule has 0 radical (unpaired) electrons. The van der Waals surface area contributed by atoms with E-state index in [2.05, 4.69) is 27.1 Å². The third-order valence-electron chi connectivity index (χ3n) is 4.38. The van der Waals surface area contributed by atoms with Crippen molar-refractivity contribution in [2.24, 2.45) is 0 Å². The zero-order valence-electron chi connectivity index (χ0n) is 15.5. The highest BCUT2D eigenvalue weighted by molar-refractivity contribution is 7.98. The number of thioether (sulfide) groups is 1. The standard InChI is InChI=1S/C20H19N5O2S/c1-3-25-18(13-8-10-14(27-2)11-9-13)23-24-20(25)28-12-17-21-16-7-5-4-6-15(16)19(26)22-17/h4-11H,3,12H2,1-2H3,(H,21,22,26). The highest BCUT2D eigenvalue weighted by Crippen LogP contribution is 2.26. The average Bonchev–Trinajstić information content (AvgIpc) is 3.15. The summed E-state index contributed by atoms with van der Waals surface area (Å²) in [5.74, 6) is 2.71. The van der Waals surface area contributed by atoms with Gasteiger partial charge >= 0.3 is 0 Å². The van der Waals surface area contributed by atoms with Gasteiger partial charge in [0.25, 0.3) is 5.56 Å². The Balaban J connectivity index is 1.58. The van der Waals surface area contributed by atoms with E-state index in [1.807, 2.05) is 47.0 Å². The van der Waals surface area contributed by atoms with Gasteiger partial charge in [0.15, 0.2) is 11.0 Å². The van der Waals surface area contributed by atoms with Crippen molar-refractivity contribution < 1.29 is 4.74 Å². The number of nitrogens with zero attached hydrogens (tertiary/aromatic N) is 4. The van der Waals surface area contributed by atoms with Crippen molar-refractivity contribution in [2.45, 2.75) is 24.4 Å². The molecule has 0 aliphatic rings. The molecule has 0 amide bonds. The number of hydrogen-bond donors (Lipinski definition) is 1. The second-order valence-electron chi connectivity index (χ2n) is 6.10. The van der Waals surface area contributed by atoms with E-state index in [0.717, 1.165) is 28.8 Å². The Hall–Kier alpha value is -3.13. The molecule has 2 aromatic carbocycles. The second-order valence-corrected chi connectivity index (χ2v) is 7.04. The zero-order chi connectivity index (χ0) is 19.5. The van der Waals surface area contributed by atoms with Gasteiger partial charge in [-0.2, -0.15) is 0 Å². The summed E-state index contributed by atoms with van der Waals surface area (Å²) in [5.41, 5.74) is 1.54. The smallest absolute Gasteiger partial charge is 0.258 e. The fraction of sp³-hybridized carbons (Fsp3) is 0.200. The molecule has 8 heteroatoms. The van der Waals surface area contributed by atoms with Crippen LogP contribution >= 0.6 is 11.8 Å². The molecule has 4 aromatic rings. The van der Waals surface area contributed by atoms with Gasteiger partial charge in [0.2, 0.25) is 0 Å². The molecule has 142 valence electrons. The molecule has 7 nitrogen and oxygen atoms in total. The Morgan fingerprint density at radius 3 is 2.64 bits per heavy atom. The minimum Gasteiger partial charge on any atom is -0.497 e. The molecule has 0 fully saturated rings. The minimum absolute atomic E-state index is 0.128. The van der Waals surface area contributed by atoms with E-state index in [9.17, 15) is 4.79 Å². The molecule has 0 saturated heterocycles. The van der Waals surface area contributed by atoms with Gasteiger partial charge in [0, 0.05) is 12.1 Å². The number of H-pyrrole nitrogens is 1. The van der Waals surface area contributed by atoms with Crippen molar-refractivity contribution in [1.29, 1.82) is 0 Å². The van der Waals surface area contributed by atoms with Crippen LogP contribution in [0.5, 0.6) is 5.75 Å². The van der Waals surface area contributed by atoms with Crippen LogP contribution < -0.4 is 10.3 Å². The molecule has 0 aliphatic heterocycles. The fourth-order valence-electron chi connectivity index (χ4n) is 2.97. The first-order valence-electron chi connectivity index (χ1n) is 8.88. The summed E-state index contributed by atoms with van der Waals surface area (Å²) < 4.78 is 7.26. The van der Waals surface area contributed by atoms with Crippen molar-refractivity contribution in [3.8, 4) is 17.1 Å². The summed E-state index contributed by atoms with van der Waals surface area (Å²) in [6.07, 6.45) is 0. The number of aromatic amines is 1. The van der Waals surface area contributed by atoms with Gasteiger partial charge in [-0.05, 0) is 43.3 Å². The number of para-hydroxylation sites is 1. The van der Waals surface area contributed by atoms with E-state index in [-0.39, 0.29) is 5.56 Å². The van der Waals surface area contributed by atoms with Crippen molar-refractivity contribution in [3.63, 3.8) is 0 Å². The molecule has 28 heavy (non-hydrogen) atoms. The van der Waals surface area contributed by atoms with Gasteiger partial charge in [-0.3, -0.25) is 4.79 Å². The van der Waals surface area contributed by atoms with Crippen LogP contribution in [0.3, 0.4) is 0 Å². The quantitative estimate of drug-likeness (QED) is 0.505. The SMILES string of the molecule is CCn1c(SCc2nc3ccccc3c(=O)[nH]2)nnc1-c1ccc(OC)cc1. The molecule has 2 aromatic heterocycles. The molecule has 0 atom stereocenters. The number of aromatic nitrogens is 5. The fourth-order valence-corrected chi connectivity index (χ4v) is 3.84. The summed E-state index contributed by atoms with van der Waals surface area (Å²) in [5, 5.41) is 10.1. The van der Waals surface area contributed by atoms with Crippen LogP contribution in [0.2, 0.25) is 0 Å². The van der Waals surface area contributed by atoms with E-state index in [0.29, 0.717) is 22.5 Å². The number of rotatable bonds is 6. The zero-order valence-corrected chi connectivity index (χ0v) is 16.4. The Kier molecular flexibility index (Phi) is 5.12. The van der Waals surface area contributed by atoms with Crippen LogP contribution in [0, 0.1) is 0 Å². The molecule has 0 saturated carbocycles. The average molecular weight is 393 g/mol. The monoisotopic (exact) mass is 393 g/mol. The topological polar surface area (TPSA) is 85.7 Å². The van der Waals surface area contributed by atoms with Crippen LogP contribution in [0.15, 0.2) is 58.5 Å². The van der Waals surface area contributed by atoms with E-state index in [1.54, 1.807) is 13.2 Å². The molecular weight excluding hydrogens is 374 g/mol. The molecule has 4 rings (SSSR count). The van der Waals surface area contributed by atoms with E-state index in [4.69, 9.17) is 4.74 Å². The lowest BCUT2D eigenvalue weighted by atomic mass is 10.2. The first kappa shape index (κ1) is 18.2. The van der Waals surface area contributed by atoms with Gasteiger partial charge < -0.3 is 14.3 Å². The molecule has 0 unspecified atom stereocenters. The summed E-state index contributed by atoms with van der Waals surface area (Å²) in [6, 6.07) is 15.1. The van der Waals surface area contributed by atoms with Crippen LogP contribution in [0.1, 0.15) is 12.7 Å². The molecule has 1 N–H and O–H groups in total. The number of benzene rings is 2. The molecule has 0 aliphatic carbocycles. The number of ether oxygens (including phenoxy) is 1. The van der Waals surface area contributed by atoms with E-state index in [1.165, 1.54) is 11.8 Å². The number of hydrogen-bond acceptors (Lipinski definition) is 6. The molecular formula is C20H19N5O2S. The molecule has 2 heterocycles. The summed E-state index contributed by atoms with van der Waals surface area (Å²) >= 11 is 1.50. The largest absolute Gasteiger partial charge is 0.497 e. The number of fused-ring (bicyclic) bond motifs is 1. The van der Waals surface area contributed by atoms with Gasteiger partial charge in [0.1, 0.15) is 11.6 Å². The Morgan fingerprint density at radius 2 is 1.89 bits per heavy atom. The maximum atomic E-state index is 12.2. The Morgan fingerprint density at radius 1 is 1.11 bits per heavy atom. The normalized spacial score (nSPS) is 11.1. The maximum Gasteiger partial charge on any atom is 0.258 e. The second kappa shape index (κ2) is 7.85. The number of methoxy groups -OCH3 is 1. The van der Waals surface area contributed by atoms with Crippen molar-refractivity contribution in [2.75, 3.05) is 7.11 Å². The third kappa shape index (κ3) is 3.50.